The first-order chi connectivity index (χ1) is 14.5. The van der Waals surface area contributed by atoms with Gasteiger partial charge in [-0.2, -0.15) is 5.10 Å². The molecule has 152 valence electrons. The third kappa shape index (κ3) is 4.26. The quantitative estimate of drug-likeness (QED) is 0.410. The number of hydrogen-bond donors (Lipinski definition) is 3. The zero-order valence-electron chi connectivity index (χ0n) is 16.6. The number of amides is 2. The summed E-state index contributed by atoms with van der Waals surface area (Å²) < 4.78 is 0. The van der Waals surface area contributed by atoms with Gasteiger partial charge in [0.2, 0.25) is 0 Å². The van der Waals surface area contributed by atoms with Crippen LogP contribution in [-0.4, -0.2) is 26.2 Å². The molecular weight excluding hydrogens is 400 g/mol. The van der Waals surface area contributed by atoms with E-state index in [1.54, 1.807) is 18.5 Å². The highest BCUT2D eigenvalue weighted by Crippen LogP contribution is 2.27. The number of carbonyl (C=O) groups excluding carboxylic acids is 1. The van der Waals surface area contributed by atoms with E-state index < -0.39 is 0 Å². The standard InChI is InChI=1S/C22H21ClN6O/c1-3-18(14-4-6-16(23)7-5-14)26-22(30)27-20-11-19-17(12-25-20)21(29-28-19)15-8-9-24-13(2)10-15/h4-12,18H,3H2,1-2H3,(H,28,29)(H2,25,26,27,30)/t18-/m1/s1. The van der Waals surface area contributed by atoms with Gasteiger partial charge < -0.3 is 5.32 Å². The van der Waals surface area contributed by atoms with Gasteiger partial charge in [0.05, 0.1) is 11.6 Å². The minimum atomic E-state index is -0.326. The summed E-state index contributed by atoms with van der Waals surface area (Å²) in [6.45, 7) is 3.95. The van der Waals surface area contributed by atoms with Crippen molar-refractivity contribution in [2.75, 3.05) is 5.32 Å². The molecule has 4 aromatic rings. The lowest BCUT2D eigenvalue weighted by Crippen LogP contribution is -2.32. The summed E-state index contributed by atoms with van der Waals surface area (Å²) in [4.78, 5) is 21.1. The highest BCUT2D eigenvalue weighted by molar-refractivity contribution is 6.30. The molecule has 0 radical (unpaired) electrons. The van der Waals surface area contributed by atoms with Crippen molar-refractivity contribution in [1.29, 1.82) is 0 Å². The summed E-state index contributed by atoms with van der Waals surface area (Å²) in [6, 6.07) is 12.6. The Bertz CT molecular complexity index is 1190. The van der Waals surface area contributed by atoms with E-state index in [2.05, 4.69) is 30.8 Å². The lowest BCUT2D eigenvalue weighted by atomic mass is 10.1. The molecule has 3 heterocycles. The Morgan fingerprint density at radius 1 is 1.17 bits per heavy atom. The molecule has 0 bridgehead atoms. The van der Waals surface area contributed by atoms with Crippen LogP contribution in [0.3, 0.4) is 0 Å². The van der Waals surface area contributed by atoms with Crippen LogP contribution in [0.1, 0.15) is 30.6 Å². The molecule has 0 aliphatic rings. The van der Waals surface area contributed by atoms with Crippen LogP contribution in [0, 0.1) is 6.92 Å². The third-order valence-electron chi connectivity index (χ3n) is 4.84. The molecule has 8 heteroatoms. The van der Waals surface area contributed by atoms with E-state index in [-0.39, 0.29) is 12.1 Å². The Morgan fingerprint density at radius 3 is 2.70 bits per heavy atom. The van der Waals surface area contributed by atoms with E-state index in [0.29, 0.717) is 10.8 Å². The van der Waals surface area contributed by atoms with Crippen molar-refractivity contribution in [1.82, 2.24) is 25.5 Å². The molecule has 0 unspecified atom stereocenters. The molecule has 0 saturated heterocycles. The second kappa shape index (κ2) is 8.51. The Balaban J connectivity index is 1.50. The normalized spacial score (nSPS) is 12.0. The van der Waals surface area contributed by atoms with Gasteiger partial charge in [0.15, 0.2) is 0 Å². The summed E-state index contributed by atoms with van der Waals surface area (Å²) in [5.74, 6) is 0.437. The average molecular weight is 421 g/mol. The third-order valence-corrected chi connectivity index (χ3v) is 5.10. The zero-order valence-corrected chi connectivity index (χ0v) is 17.4. The number of nitrogens with one attached hydrogen (secondary N) is 3. The number of nitrogens with zero attached hydrogens (tertiary/aromatic N) is 3. The van der Waals surface area contributed by atoms with Crippen molar-refractivity contribution in [3.8, 4) is 11.3 Å². The second-order valence-corrected chi connectivity index (χ2v) is 7.42. The number of pyridine rings is 2. The monoisotopic (exact) mass is 420 g/mol. The highest BCUT2D eigenvalue weighted by atomic mass is 35.5. The lowest BCUT2D eigenvalue weighted by Gasteiger charge is -2.18. The van der Waals surface area contributed by atoms with Crippen molar-refractivity contribution in [3.05, 3.63) is 71.1 Å². The molecule has 0 spiro atoms. The number of aromatic amines is 1. The van der Waals surface area contributed by atoms with Crippen LogP contribution < -0.4 is 10.6 Å². The minimum absolute atomic E-state index is 0.125. The van der Waals surface area contributed by atoms with E-state index in [1.165, 1.54) is 0 Å². The van der Waals surface area contributed by atoms with E-state index in [0.717, 1.165) is 39.8 Å². The predicted octanol–water partition coefficient (Wildman–Crippen LogP) is 5.25. The van der Waals surface area contributed by atoms with Crippen LogP contribution in [0.4, 0.5) is 10.6 Å². The summed E-state index contributed by atoms with van der Waals surface area (Å²) in [5, 5.41) is 14.7. The fourth-order valence-corrected chi connectivity index (χ4v) is 3.45. The van der Waals surface area contributed by atoms with Crippen LogP contribution in [-0.2, 0) is 0 Å². The van der Waals surface area contributed by atoms with Gasteiger partial charge in [0.1, 0.15) is 11.5 Å². The number of urea groups is 1. The summed E-state index contributed by atoms with van der Waals surface area (Å²) >= 11 is 5.95. The summed E-state index contributed by atoms with van der Waals surface area (Å²) in [5.41, 5.74) is 4.45. The molecule has 0 saturated carbocycles. The number of halogens is 1. The van der Waals surface area contributed by atoms with Gasteiger partial charge in [-0.1, -0.05) is 30.7 Å². The van der Waals surface area contributed by atoms with Crippen molar-refractivity contribution < 1.29 is 4.79 Å². The number of H-pyrrole nitrogens is 1. The van der Waals surface area contributed by atoms with Crippen molar-refractivity contribution >= 4 is 34.4 Å². The summed E-state index contributed by atoms with van der Waals surface area (Å²) in [6.07, 6.45) is 4.20. The largest absolute Gasteiger partial charge is 0.331 e. The molecule has 30 heavy (non-hydrogen) atoms. The Hall–Kier alpha value is -3.45. The maximum Gasteiger partial charge on any atom is 0.320 e. The fraction of sp³-hybridized carbons (Fsp3) is 0.182. The van der Waals surface area contributed by atoms with Crippen LogP contribution in [0.5, 0.6) is 0 Å². The zero-order chi connectivity index (χ0) is 21.1. The van der Waals surface area contributed by atoms with E-state index >= 15 is 0 Å². The smallest absolute Gasteiger partial charge is 0.320 e. The second-order valence-electron chi connectivity index (χ2n) is 6.98. The number of carbonyl (C=O) groups is 1. The van der Waals surface area contributed by atoms with Crippen molar-refractivity contribution in [2.24, 2.45) is 0 Å². The SMILES string of the molecule is CC[C@@H](NC(=O)Nc1cc2[nH]nc(-c3ccnc(C)c3)c2cn1)c1ccc(Cl)cc1. The van der Waals surface area contributed by atoms with Gasteiger partial charge >= 0.3 is 6.03 Å². The lowest BCUT2D eigenvalue weighted by molar-refractivity contribution is 0.248. The number of hydrogen-bond acceptors (Lipinski definition) is 4. The Kier molecular flexibility index (Phi) is 5.63. The first kappa shape index (κ1) is 19.8. The molecule has 0 aliphatic heterocycles. The first-order valence-corrected chi connectivity index (χ1v) is 10.0. The van der Waals surface area contributed by atoms with E-state index in [9.17, 15) is 4.79 Å². The van der Waals surface area contributed by atoms with Gasteiger partial charge in [0, 0.05) is 40.1 Å². The van der Waals surface area contributed by atoms with Crippen molar-refractivity contribution in [3.63, 3.8) is 0 Å². The fourth-order valence-electron chi connectivity index (χ4n) is 3.32. The molecule has 7 nitrogen and oxygen atoms in total. The van der Waals surface area contributed by atoms with Gasteiger partial charge in [-0.3, -0.25) is 15.4 Å². The Morgan fingerprint density at radius 2 is 1.97 bits per heavy atom. The number of benzene rings is 1. The van der Waals surface area contributed by atoms with Crippen molar-refractivity contribution in [2.45, 2.75) is 26.3 Å². The molecule has 1 atom stereocenters. The number of aromatic nitrogens is 4. The number of fused-ring (bicyclic) bond motifs is 1. The molecule has 2 amide bonds. The number of rotatable bonds is 5. The predicted molar refractivity (Wildman–Crippen MR) is 118 cm³/mol. The van der Waals surface area contributed by atoms with E-state index in [1.807, 2.05) is 50.2 Å². The van der Waals surface area contributed by atoms with Crippen LogP contribution in [0.15, 0.2) is 54.9 Å². The van der Waals surface area contributed by atoms with Crippen LogP contribution in [0.25, 0.3) is 22.2 Å². The van der Waals surface area contributed by atoms with Gasteiger partial charge in [-0.15, -0.1) is 0 Å². The molecule has 3 aromatic heterocycles. The minimum Gasteiger partial charge on any atom is -0.331 e. The first-order valence-electron chi connectivity index (χ1n) is 9.63. The maximum atomic E-state index is 12.5. The molecule has 3 N–H and O–H groups in total. The molecule has 0 aliphatic carbocycles. The van der Waals surface area contributed by atoms with Crippen LogP contribution in [0.2, 0.25) is 5.02 Å². The summed E-state index contributed by atoms with van der Waals surface area (Å²) in [7, 11) is 0. The Labute approximate surface area is 178 Å². The number of anilines is 1. The molecule has 4 rings (SSSR count). The van der Waals surface area contributed by atoms with Gasteiger partial charge in [-0.25, -0.2) is 9.78 Å². The molecule has 1 aromatic carbocycles. The van der Waals surface area contributed by atoms with Crippen LogP contribution >= 0.6 is 11.6 Å². The van der Waals surface area contributed by atoms with E-state index in [4.69, 9.17) is 11.6 Å². The topological polar surface area (TPSA) is 95.6 Å². The highest BCUT2D eigenvalue weighted by Gasteiger charge is 2.14. The maximum absolute atomic E-state index is 12.5. The molecular formula is C22H21ClN6O. The molecule has 0 fully saturated rings. The number of aryl methyl sites for hydroxylation is 1. The average Bonchev–Trinajstić information content (AvgIpc) is 3.16. The van der Waals surface area contributed by atoms with Gasteiger partial charge in [0.25, 0.3) is 0 Å². The van der Waals surface area contributed by atoms with Gasteiger partial charge in [-0.05, 0) is 43.2 Å².